The Hall–Kier alpha value is -2.45. The zero-order chi connectivity index (χ0) is 21.5. The van der Waals surface area contributed by atoms with E-state index in [2.05, 4.69) is 20.8 Å². The van der Waals surface area contributed by atoms with Crippen LogP contribution in [0.15, 0.2) is 40.9 Å². The Labute approximate surface area is 185 Å². The summed E-state index contributed by atoms with van der Waals surface area (Å²) in [5.74, 6) is 2.76. The molecule has 1 amide bonds. The fourth-order valence-corrected chi connectivity index (χ4v) is 3.64. The maximum absolute atomic E-state index is 12.5. The zero-order valence-corrected chi connectivity index (χ0v) is 19.1. The lowest BCUT2D eigenvalue weighted by Gasteiger charge is -2.35. The number of methoxy groups -OCH3 is 3. The average molecular weight is 479 g/mol. The molecule has 0 atom stereocenters. The van der Waals surface area contributed by atoms with Gasteiger partial charge in [-0.15, -0.1) is 0 Å². The van der Waals surface area contributed by atoms with E-state index in [1.165, 1.54) is 0 Å². The highest BCUT2D eigenvalue weighted by Gasteiger charge is 2.23. The number of nitrogens with zero attached hydrogens (tertiary/aromatic N) is 2. The normalized spacial score (nSPS) is 14.3. The summed E-state index contributed by atoms with van der Waals surface area (Å²) in [6, 6.07) is 11.2. The van der Waals surface area contributed by atoms with Crippen molar-refractivity contribution < 1.29 is 23.7 Å². The number of hydrogen-bond acceptors (Lipinski definition) is 6. The Morgan fingerprint density at radius 3 is 2.10 bits per heavy atom. The monoisotopic (exact) mass is 478 g/mol. The summed E-state index contributed by atoms with van der Waals surface area (Å²) in [5.41, 5.74) is 1.02. The van der Waals surface area contributed by atoms with Gasteiger partial charge in [-0.25, -0.2) is 0 Å². The summed E-state index contributed by atoms with van der Waals surface area (Å²) in [7, 11) is 4.87. The SMILES string of the molecule is COc1cc(OC)c(OC)cc1CN1CCN(C(=O)COc2ccc(Br)cc2)CC1. The Morgan fingerprint density at radius 2 is 1.50 bits per heavy atom. The Balaban J connectivity index is 1.53. The van der Waals surface area contributed by atoms with Crippen LogP contribution in [0.2, 0.25) is 0 Å². The first kappa shape index (κ1) is 22.2. The number of ether oxygens (including phenoxy) is 4. The molecule has 1 saturated heterocycles. The van der Waals surface area contributed by atoms with Gasteiger partial charge in [-0.2, -0.15) is 0 Å². The molecule has 30 heavy (non-hydrogen) atoms. The van der Waals surface area contributed by atoms with E-state index in [1.54, 1.807) is 21.3 Å². The van der Waals surface area contributed by atoms with Crippen LogP contribution in [-0.4, -0.2) is 69.8 Å². The number of piperazine rings is 1. The molecule has 1 heterocycles. The van der Waals surface area contributed by atoms with Crippen molar-refractivity contribution in [2.24, 2.45) is 0 Å². The molecule has 1 aliphatic rings. The molecule has 3 rings (SSSR count). The van der Waals surface area contributed by atoms with E-state index in [0.717, 1.165) is 28.9 Å². The third-order valence-corrected chi connectivity index (χ3v) is 5.61. The minimum atomic E-state index is 0.00117. The van der Waals surface area contributed by atoms with Crippen LogP contribution in [0.1, 0.15) is 5.56 Å². The van der Waals surface area contributed by atoms with Gasteiger partial charge in [0.15, 0.2) is 18.1 Å². The molecule has 2 aromatic rings. The van der Waals surface area contributed by atoms with Gasteiger partial charge < -0.3 is 23.8 Å². The molecule has 0 saturated carbocycles. The number of hydrogen-bond donors (Lipinski definition) is 0. The zero-order valence-electron chi connectivity index (χ0n) is 17.5. The molecule has 7 nitrogen and oxygen atoms in total. The van der Waals surface area contributed by atoms with Crippen LogP contribution in [0.3, 0.4) is 0 Å². The highest BCUT2D eigenvalue weighted by Crippen LogP contribution is 2.35. The van der Waals surface area contributed by atoms with E-state index in [9.17, 15) is 4.79 Å². The van der Waals surface area contributed by atoms with E-state index in [4.69, 9.17) is 18.9 Å². The number of carbonyl (C=O) groups is 1. The van der Waals surface area contributed by atoms with Crippen molar-refractivity contribution in [2.75, 3.05) is 54.1 Å². The molecule has 162 valence electrons. The second kappa shape index (κ2) is 10.5. The van der Waals surface area contributed by atoms with Crippen molar-refractivity contribution in [3.63, 3.8) is 0 Å². The van der Waals surface area contributed by atoms with Crippen LogP contribution in [0.4, 0.5) is 0 Å². The lowest BCUT2D eigenvalue weighted by atomic mass is 10.1. The smallest absolute Gasteiger partial charge is 0.260 e. The Kier molecular flexibility index (Phi) is 7.81. The van der Waals surface area contributed by atoms with E-state index in [-0.39, 0.29) is 12.5 Å². The van der Waals surface area contributed by atoms with Gasteiger partial charge >= 0.3 is 0 Å². The standard InChI is InChI=1S/C22H27BrN2O5/c1-27-19-13-21(29-3)20(28-2)12-16(19)14-24-8-10-25(11-9-24)22(26)15-30-18-6-4-17(23)5-7-18/h4-7,12-13H,8-11,14-15H2,1-3H3. The number of carbonyl (C=O) groups excluding carboxylic acids is 1. The molecule has 0 N–H and O–H groups in total. The summed E-state index contributed by atoms with van der Waals surface area (Å²) in [6.07, 6.45) is 0. The van der Waals surface area contributed by atoms with E-state index in [0.29, 0.717) is 36.9 Å². The number of halogens is 1. The number of benzene rings is 2. The molecule has 0 spiro atoms. The maximum atomic E-state index is 12.5. The van der Waals surface area contributed by atoms with Crippen LogP contribution in [0.25, 0.3) is 0 Å². The topological polar surface area (TPSA) is 60.5 Å². The minimum absolute atomic E-state index is 0.00117. The predicted octanol–water partition coefficient (Wildman–Crippen LogP) is 3.20. The van der Waals surface area contributed by atoms with Gasteiger partial charge in [0.25, 0.3) is 5.91 Å². The second-order valence-electron chi connectivity index (χ2n) is 6.92. The molecule has 0 aliphatic carbocycles. The fraction of sp³-hybridized carbons (Fsp3) is 0.409. The van der Waals surface area contributed by atoms with Gasteiger partial charge in [0.2, 0.25) is 0 Å². The highest BCUT2D eigenvalue weighted by molar-refractivity contribution is 9.10. The average Bonchev–Trinajstić information content (AvgIpc) is 2.78. The Bertz CT molecular complexity index is 851. The van der Waals surface area contributed by atoms with Crippen LogP contribution in [0.5, 0.6) is 23.0 Å². The minimum Gasteiger partial charge on any atom is -0.496 e. The molecule has 0 bridgehead atoms. The third-order valence-electron chi connectivity index (χ3n) is 5.08. The molecular weight excluding hydrogens is 452 g/mol. The number of rotatable bonds is 8. The summed E-state index contributed by atoms with van der Waals surface area (Å²) >= 11 is 3.38. The van der Waals surface area contributed by atoms with Crippen LogP contribution < -0.4 is 18.9 Å². The third kappa shape index (κ3) is 5.58. The summed E-state index contributed by atoms with van der Waals surface area (Å²) in [6.45, 7) is 3.64. The molecule has 2 aromatic carbocycles. The lowest BCUT2D eigenvalue weighted by Crippen LogP contribution is -2.49. The van der Waals surface area contributed by atoms with Crippen molar-refractivity contribution in [1.82, 2.24) is 9.80 Å². The largest absolute Gasteiger partial charge is 0.496 e. The van der Waals surface area contributed by atoms with E-state index in [1.807, 2.05) is 41.3 Å². The molecule has 8 heteroatoms. The van der Waals surface area contributed by atoms with Gasteiger partial charge in [0, 0.05) is 48.8 Å². The van der Waals surface area contributed by atoms with Gasteiger partial charge in [0.05, 0.1) is 21.3 Å². The van der Waals surface area contributed by atoms with Gasteiger partial charge in [0.1, 0.15) is 11.5 Å². The summed E-state index contributed by atoms with van der Waals surface area (Å²) in [5, 5.41) is 0. The quantitative estimate of drug-likeness (QED) is 0.580. The first-order valence-electron chi connectivity index (χ1n) is 9.71. The molecule has 0 unspecified atom stereocenters. The van der Waals surface area contributed by atoms with E-state index < -0.39 is 0 Å². The fourth-order valence-electron chi connectivity index (χ4n) is 3.38. The molecule has 1 fully saturated rings. The van der Waals surface area contributed by atoms with Crippen LogP contribution in [-0.2, 0) is 11.3 Å². The maximum Gasteiger partial charge on any atom is 0.260 e. The van der Waals surface area contributed by atoms with Crippen molar-refractivity contribution >= 4 is 21.8 Å². The molecular formula is C22H27BrN2O5. The van der Waals surface area contributed by atoms with E-state index >= 15 is 0 Å². The van der Waals surface area contributed by atoms with Gasteiger partial charge in [-0.05, 0) is 30.3 Å². The molecule has 0 aromatic heterocycles. The Morgan fingerprint density at radius 1 is 0.900 bits per heavy atom. The summed E-state index contributed by atoms with van der Waals surface area (Å²) < 4.78 is 22.9. The van der Waals surface area contributed by atoms with Gasteiger partial charge in [-0.3, -0.25) is 9.69 Å². The van der Waals surface area contributed by atoms with Crippen LogP contribution >= 0.6 is 15.9 Å². The van der Waals surface area contributed by atoms with Crippen molar-refractivity contribution in [3.8, 4) is 23.0 Å². The predicted molar refractivity (Wildman–Crippen MR) is 118 cm³/mol. The second-order valence-corrected chi connectivity index (χ2v) is 7.83. The van der Waals surface area contributed by atoms with Crippen molar-refractivity contribution in [2.45, 2.75) is 6.54 Å². The van der Waals surface area contributed by atoms with Crippen molar-refractivity contribution in [1.29, 1.82) is 0 Å². The van der Waals surface area contributed by atoms with Crippen LogP contribution in [0, 0.1) is 0 Å². The highest BCUT2D eigenvalue weighted by atomic mass is 79.9. The first-order valence-corrected chi connectivity index (χ1v) is 10.5. The molecule has 1 aliphatic heterocycles. The number of amides is 1. The summed E-state index contributed by atoms with van der Waals surface area (Å²) in [4.78, 5) is 16.6. The first-order chi connectivity index (χ1) is 14.5. The molecule has 0 radical (unpaired) electrons. The lowest BCUT2D eigenvalue weighted by molar-refractivity contribution is -0.135. The van der Waals surface area contributed by atoms with Crippen molar-refractivity contribution in [3.05, 3.63) is 46.4 Å². The van der Waals surface area contributed by atoms with Gasteiger partial charge in [-0.1, -0.05) is 15.9 Å².